The molecule has 1 aliphatic carbocycles. The van der Waals surface area contributed by atoms with E-state index in [1.807, 2.05) is 9.80 Å². The van der Waals surface area contributed by atoms with E-state index >= 15 is 0 Å². The Morgan fingerprint density at radius 3 is 2.10 bits per heavy atom. The average molecular weight is 286 g/mol. The predicted octanol–water partition coefficient (Wildman–Crippen LogP) is 0.843. The lowest BCUT2D eigenvalue weighted by Gasteiger charge is -2.38. The molecule has 5 heteroatoms. The first kappa shape index (κ1) is 17.4. The van der Waals surface area contributed by atoms with E-state index in [4.69, 9.17) is 10.2 Å². The molecule has 0 aromatic rings. The van der Waals surface area contributed by atoms with Gasteiger partial charge in [-0.3, -0.25) is 9.69 Å². The molecule has 0 saturated heterocycles. The van der Waals surface area contributed by atoms with Gasteiger partial charge in [0.2, 0.25) is 5.91 Å². The van der Waals surface area contributed by atoms with Crippen LogP contribution in [0.3, 0.4) is 0 Å². The molecule has 1 aliphatic rings. The van der Waals surface area contributed by atoms with Crippen molar-refractivity contribution in [3.63, 3.8) is 0 Å². The highest BCUT2D eigenvalue weighted by molar-refractivity contribution is 5.79. The standard InChI is InChI=1S/C15H30N2O3/c1-13(2)17(14-6-4-3-5-7-14)15(20)12-16(8-10-18)9-11-19/h13-14,18-19H,3-12H2,1-2H3. The third-order valence-corrected chi connectivity index (χ3v) is 4.00. The fraction of sp³-hybridized carbons (Fsp3) is 0.933. The zero-order valence-corrected chi connectivity index (χ0v) is 12.9. The van der Waals surface area contributed by atoms with Gasteiger partial charge < -0.3 is 15.1 Å². The summed E-state index contributed by atoms with van der Waals surface area (Å²) in [5.41, 5.74) is 0. The number of carbonyl (C=O) groups is 1. The van der Waals surface area contributed by atoms with Gasteiger partial charge in [-0.1, -0.05) is 19.3 Å². The number of rotatable bonds is 8. The van der Waals surface area contributed by atoms with Crippen LogP contribution in [0.5, 0.6) is 0 Å². The molecule has 0 spiro atoms. The molecular weight excluding hydrogens is 256 g/mol. The van der Waals surface area contributed by atoms with Crippen molar-refractivity contribution in [1.82, 2.24) is 9.80 Å². The number of aliphatic hydroxyl groups excluding tert-OH is 2. The Hall–Kier alpha value is -0.650. The molecule has 1 amide bonds. The van der Waals surface area contributed by atoms with Crippen LogP contribution in [0.1, 0.15) is 46.0 Å². The minimum atomic E-state index is 0.0123. The predicted molar refractivity (Wildman–Crippen MR) is 79.5 cm³/mol. The van der Waals surface area contributed by atoms with E-state index in [0.29, 0.717) is 19.1 Å². The van der Waals surface area contributed by atoms with Gasteiger partial charge in [-0.15, -0.1) is 0 Å². The van der Waals surface area contributed by atoms with Crippen molar-refractivity contribution in [2.75, 3.05) is 32.8 Å². The summed E-state index contributed by atoms with van der Waals surface area (Å²) in [6.45, 7) is 5.31. The van der Waals surface area contributed by atoms with Crippen molar-refractivity contribution in [3.8, 4) is 0 Å². The van der Waals surface area contributed by atoms with E-state index in [0.717, 1.165) is 12.8 Å². The number of nitrogens with zero attached hydrogens (tertiary/aromatic N) is 2. The summed E-state index contributed by atoms with van der Waals surface area (Å²) in [5.74, 6) is 0.119. The Bertz CT molecular complexity index is 272. The number of hydrogen-bond donors (Lipinski definition) is 2. The number of amides is 1. The SMILES string of the molecule is CC(C)N(C(=O)CN(CCO)CCO)C1CCCCC1. The maximum atomic E-state index is 12.6. The quantitative estimate of drug-likeness (QED) is 0.694. The largest absolute Gasteiger partial charge is 0.395 e. The van der Waals surface area contributed by atoms with E-state index < -0.39 is 0 Å². The van der Waals surface area contributed by atoms with Gasteiger partial charge in [-0.25, -0.2) is 0 Å². The Labute approximate surface area is 122 Å². The highest BCUT2D eigenvalue weighted by atomic mass is 16.3. The summed E-state index contributed by atoms with van der Waals surface area (Å²) < 4.78 is 0. The molecule has 1 fully saturated rings. The fourth-order valence-corrected chi connectivity index (χ4v) is 3.10. The summed E-state index contributed by atoms with van der Waals surface area (Å²) in [4.78, 5) is 16.4. The lowest BCUT2D eigenvalue weighted by molar-refractivity contribution is -0.137. The second-order valence-corrected chi connectivity index (χ2v) is 5.91. The Balaban J connectivity index is 2.62. The molecule has 0 aromatic carbocycles. The van der Waals surface area contributed by atoms with Crippen molar-refractivity contribution >= 4 is 5.91 Å². The van der Waals surface area contributed by atoms with E-state index in [-0.39, 0.29) is 31.7 Å². The lowest BCUT2D eigenvalue weighted by Crippen LogP contribution is -2.50. The zero-order chi connectivity index (χ0) is 15.0. The van der Waals surface area contributed by atoms with Crippen LogP contribution in [-0.4, -0.2) is 70.9 Å². The van der Waals surface area contributed by atoms with Crippen molar-refractivity contribution in [2.45, 2.75) is 58.0 Å². The van der Waals surface area contributed by atoms with Crippen LogP contribution in [-0.2, 0) is 4.79 Å². The topological polar surface area (TPSA) is 64.0 Å². The first-order valence-corrected chi connectivity index (χ1v) is 7.85. The third kappa shape index (κ3) is 5.38. The second kappa shape index (κ2) is 9.32. The summed E-state index contributed by atoms with van der Waals surface area (Å²) in [6, 6.07) is 0.567. The molecular formula is C15H30N2O3. The Morgan fingerprint density at radius 1 is 1.10 bits per heavy atom. The second-order valence-electron chi connectivity index (χ2n) is 5.91. The van der Waals surface area contributed by atoms with Crippen LogP contribution in [0.15, 0.2) is 0 Å². The monoisotopic (exact) mass is 286 g/mol. The Morgan fingerprint density at radius 2 is 1.65 bits per heavy atom. The highest BCUT2D eigenvalue weighted by Gasteiger charge is 2.28. The first-order chi connectivity index (χ1) is 9.60. The van der Waals surface area contributed by atoms with E-state index in [9.17, 15) is 4.79 Å². The third-order valence-electron chi connectivity index (χ3n) is 4.00. The smallest absolute Gasteiger partial charge is 0.237 e. The average Bonchev–Trinajstić information content (AvgIpc) is 2.40. The molecule has 0 radical (unpaired) electrons. The van der Waals surface area contributed by atoms with E-state index in [1.165, 1.54) is 19.3 Å². The fourth-order valence-electron chi connectivity index (χ4n) is 3.10. The summed E-state index contributed by atoms with van der Waals surface area (Å²) in [7, 11) is 0. The minimum absolute atomic E-state index is 0.0123. The van der Waals surface area contributed by atoms with Gasteiger partial charge in [0.25, 0.3) is 0 Å². The molecule has 0 heterocycles. The highest BCUT2D eigenvalue weighted by Crippen LogP contribution is 2.24. The van der Waals surface area contributed by atoms with Gasteiger partial charge in [-0.2, -0.15) is 0 Å². The molecule has 1 rings (SSSR count). The normalized spacial score (nSPS) is 16.9. The number of carbonyl (C=O) groups excluding carboxylic acids is 1. The van der Waals surface area contributed by atoms with E-state index in [1.54, 1.807) is 0 Å². The van der Waals surface area contributed by atoms with Crippen LogP contribution in [0.25, 0.3) is 0 Å². The molecule has 20 heavy (non-hydrogen) atoms. The molecule has 118 valence electrons. The first-order valence-electron chi connectivity index (χ1n) is 7.85. The summed E-state index contributed by atoms with van der Waals surface area (Å²) >= 11 is 0. The van der Waals surface area contributed by atoms with Gasteiger partial charge in [0, 0.05) is 25.2 Å². The molecule has 2 N–H and O–H groups in total. The molecule has 1 saturated carbocycles. The van der Waals surface area contributed by atoms with Crippen LogP contribution in [0, 0.1) is 0 Å². The lowest BCUT2D eigenvalue weighted by atomic mass is 9.93. The zero-order valence-electron chi connectivity index (χ0n) is 12.9. The van der Waals surface area contributed by atoms with Gasteiger partial charge >= 0.3 is 0 Å². The van der Waals surface area contributed by atoms with Gasteiger partial charge in [-0.05, 0) is 26.7 Å². The van der Waals surface area contributed by atoms with Crippen molar-refractivity contribution in [2.24, 2.45) is 0 Å². The van der Waals surface area contributed by atoms with Crippen LogP contribution < -0.4 is 0 Å². The molecule has 0 aromatic heterocycles. The van der Waals surface area contributed by atoms with Gasteiger partial charge in [0.05, 0.1) is 19.8 Å². The Kier molecular flexibility index (Phi) is 8.11. The van der Waals surface area contributed by atoms with Crippen molar-refractivity contribution in [1.29, 1.82) is 0 Å². The van der Waals surface area contributed by atoms with Crippen LogP contribution in [0.4, 0.5) is 0 Å². The van der Waals surface area contributed by atoms with Crippen molar-refractivity contribution in [3.05, 3.63) is 0 Å². The van der Waals surface area contributed by atoms with E-state index in [2.05, 4.69) is 13.8 Å². The number of aliphatic hydroxyl groups is 2. The summed E-state index contributed by atoms with van der Waals surface area (Å²) in [6.07, 6.45) is 5.89. The number of hydrogen-bond acceptors (Lipinski definition) is 4. The molecule has 0 unspecified atom stereocenters. The molecule has 0 bridgehead atoms. The van der Waals surface area contributed by atoms with Gasteiger partial charge in [0.15, 0.2) is 0 Å². The summed E-state index contributed by atoms with van der Waals surface area (Å²) in [5, 5.41) is 18.0. The maximum absolute atomic E-state index is 12.6. The minimum Gasteiger partial charge on any atom is -0.395 e. The maximum Gasteiger partial charge on any atom is 0.237 e. The molecule has 0 aliphatic heterocycles. The van der Waals surface area contributed by atoms with Gasteiger partial charge in [0.1, 0.15) is 0 Å². The molecule has 5 nitrogen and oxygen atoms in total. The van der Waals surface area contributed by atoms with Crippen molar-refractivity contribution < 1.29 is 15.0 Å². The van der Waals surface area contributed by atoms with Crippen LogP contribution >= 0.6 is 0 Å². The van der Waals surface area contributed by atoms with Crippen LogP contribution in [0.2, 0.25) is 0 Å². The molecule has 0 atom stereocenters.